The van der Waals surface area contributed by atoms with Gasteiger partial charge in [0, 0.05) is 5.69 Å². The Kier molecular flexibility index (Phi) is 6.18. The molecule has 0 saturated carbocycles. The Hall–Kier alpha value is -3.24. The third kappa shape index (κ3) is 4.84. The molecule has 0 fully saturated rings. The van der Waals surface area contributed by atoms with E-state index in [0.29, 0.717) is 11.4 Å². The van der Waals surface area contributed by atoms with Crippen molar-refractivity contribution in [1.29, 1.82) is 0 Å². The van der Waals surface area contributed by atoms with Gasteiger partial charge in [0.25, 0.3) is 20.0 Å². The van der Waals surface area contributed by atoms with E-state index < -0.39 is 20.0 Å². The first-order chi connectivity index (χ1) is 14.2. The first-order valence-corrected chi connectivity index (χ1v) is 11.6. The van der Waals surface area contributed by atoms with E-state index in [4.69, 9.17) is 9.47 Å². The molecule has 8 nitrogen and oxygen atoms in total. The molecule has 30 heavy (non-hydrogen) atoms. The van der Waals surface area contributed by atoms with Gasteiger partial charge in [0.1, 0.15) is 11.5 Å². The standard InChI is InChI=1S/C20H20N2O6S2/c1-27-16-10-8-15(9-11-16)21-30(25,26)18-12-13-20(28-2)19(14-18)22-29(23,24)17-6-4-3-5-7-17/h3-14,21-22H,1-2H3. The predicted octanol–water partition coefficient (Wildman–Crippen LogP) is 3.31. The molecule has 0 radical (unpaired) electrons. The minimum atomic E-state index is -3.98. The van der Waals surface area contributed by atoms with Crippen LogP contribution in [0.3, 0.4) is 0 Å². The van der Waals surface area contributed by atoms with Gasteiger partial charge in [-0.25, -0.2) is 16.8 Å². The Bertz CT molecular complexity index is 1230. The number of hydrogen-bond donors (Lipinski definition) is 2. The number of anilines is 2. The van der Waals surface area contributed by atoms with E-state index in [-0.39, 0.29) is 21.2 Å². The summed E-state index contributed by atoms with van der Waals surface area (Å²) in [7, 11) is -5.05. The lowest BCUT2D eigenvalue weighted by Crippen LogP contribution is -2.16. The summed E-state index contributed by atoms with van der Waals surface area (Å²) >= 11 is 0. The van der Waals surface area contributed by atoms with Crippen molar-refractivity contribution in [3.05, 3.63) is 72.8 Å². The van der Waals surface area contributed by atoms with Gasteiger partial charge in [-0.1, -0.05) is 18.2 Å². The van der Waals surface area contributed by atoms with Crippen LogP contribution in [-0.2, 0) is 20.0 Å². The molecule has 0 aliphatic rings. The minimum Gasteiger partial charge on any atom is -0.497 e. The summed E-state index contributed by atoms with van der Waals surface area (Å²) in [4.78, 5) is -0.0958. The van der Waals surface area contributed by atoms with Crippen LogP contribution in [0.5, 0.6) is 11.5 Å². The topological polar surface area (TPSA) is 111 Å². The van der Waals surface area contributed by atoms with Crippen molar-refractivity contribution in [3.63, 3.8) is 0 Å². The van der Waals surface area contributed by atoms with Gasteiger partial charge < -0.3 is 9.47 Å². The molecule has 3 aromatic rings. The largest absolute Gasteiger partial charge is 0.497 e. The fraction of sp³-hybridized carbons (Fsp3) is 0.100. The molecule has 3 rings (SSSR count). The van der Waals surface area contributed by atoms with Crippen LogP contribution in [0.15, 0.2) is 82.6 Å². The lowest BCUT2D eigenvalue weighted by atomic mass is 10.3. The van der Waals surface area contributed by atoms with Gasteiger partial charge in [-0.2, -0.15) is 0 Å². The molecule has 0 amide bonds. The van der Waals surface area contributed by atoms with Crippen LogP contribution in [0, 0.1) is 0 Å². The van der Waals surface area contributed by atoms with E-state index in [1.54, 1.807) is 42.5 Å². The highest BCUT2D eigenvalue weighted by Gasteiger charge is 2.20. The average molecular weight is 449 g/mol. The van der Waals surface area contributed by atoms with E-state index in [2.05, 4.69) is 9.44 Å². The second kappa shape index (κ2) is 8.64. The summed E-state index contributed by atoms with van der Waals surface area (Å²) in [6.07, 6.45) is 0. The van der Waals surface area contributed by atoms with Crippen LogP contribution in [-0.4, -0.2) is 31.1 Å². The van der Waals surface area contributed by atoms with Gasteiger partial charge in [-0.15, -0.1) is 0 Å². The van der Waals surface area contributed by atoms with Gasteiger partial charge in [0.05, 0.1) is 29.7 Å². The summed E-state index contributed by atoms with van der Waals surface area (Å²) in [5.41, 5.74) is 0.331. The van der Waals surface area contributed by atoms with E-state index in [0.717, 1.165) is 0 Å². The first-order valence-electron chi connectivity index (χ1n) is 8.68. The van der Waals surface area contributed by atoms with Crippen molar-refractivity contribution < 1.29 is 26.3 Å². The van der Waals surface area contributed by atoms with E-state index in [1.807, 2.05) is 0 Å². The number of hydrogen-bond acceptors (Lipinski definition) is 6. The lowest BCUT2D eigenvalue weighted by molar-refractivity contribution is 0.415. The molecule has 0 bridgehead atoms. The molecule has 0 atom stereocenters. The fourth-order valence-corrected chi connectivity index (χ4v) is 4.78. The molecule has 0 aromatic heterocycles. The summed E-state index contributed by atoms with van der Waals surface area (Å²) in [6, 6.07) is 18.0. The smallest absolute Gasteiger partial charge is 0.262 e. The van der Waals surface area contributed by atoms with Crippen LogP contribution >= 0.6 is 0 Å². The summed E-state index contributed by atoms with van der Waals surface area (Å²) in [5, 5.41) is 0. The first kappa shape index (κ1) is 21.5. The molecule has 0 unspecified atom stereocenters. The van der Waals surface area contributed by atoms with Crippen molar-refractivity contribution in [2.24, 2.45) is 0 Å². The molecular weight excluding hydrogens is 428 g/mol. The quantitative estimate of drug-likeness (QED) is 0.547. The summed E-state index contributed by atoms with van der Waals surface area (Å²) in [5.74, 6) is 0.762. The SMILES string of the molecule is COc1ccc(NS(=O)(=O)c2ccc(OC)c(NS(=O)(=O)c3ccccc3)c2)cc1. The van der Waals surface area contributed by atoms with Gasteiger partial charge in [0.15, 0.2) is 0 Å². The molecule has 0 aliphatic heterocycles. The second-order valence-electron chi connectivity index (χ2n) is 6.11. The van der Waals surface area contributed by atoms with Crippen molar-refractivity contribution >= 4 is 31.4 Å². The molecule has 0 aliphatic carbocycles. The zero-order valence-corrected chi connectivity index (χ0v) is 17.8. The highest BCUT2D eigenvalue weighted by Crippen LogP contribution is 2.30. The maximum absolute atomic E-state index is 12.8. The average Bonchev–Trinajstić information content (AvgIpc) is 2.74. The van der Waals surface area contributed by atoms with Crippen LogP contribution in [0.1, 0.15) is 0 Å². The summed E-state index contributed by atoms with van der Waals surface area (Å²) in [6.45, 7) is 0. The van der Waals surface area contributed by atoms with Gasteiger partial charge in [-0.3, -0.25) is 9.44 Å². The van der Waals surface area contributed by atoms with Crippen molar-refractivity contribution in [3.8, 4) is 11.5 Å². The van der Waals surface area contributed by atoms with Crippen LogP contribution in [0.25, 0.3) is 0 Å². The Morgan fingerprint density at radius 1 is 0.667 bits per heavy atom. The normalized spacial score (nSPS) is 11.5. The maximum Gasteiger partial charge on any atom is 0.262 e. The zero-order chi connectivity index (χ0) is 21.8. The minimum absolute atomic E-state index is 0.000964. The van der Waals surface area contributed by atoms with Crippen LogP contribution < -0.4 is 18.9 Å². The Morgan fingerprint density at radius 3 is 1.90 bits per heavy atom. The third-order valence-electron chi connectivity index (χ3n) is 4.12. The van der Waals surface area contributed by atoms with E-state index in [1.165, 1.54) is 44.6 Å². The van der Waals surface area contributed by atoms with E-state index in [9.17, 15) is 16.8 Å². The highest BCUT2D eigenvalue weighted by atomic mass is 32.2. The monoisotopic (exact) mass is 448 g/mol. The highest BCUT2D eigenvalue weighted by molar-refractivity contribution is 7.93. The fourth-order valence-electron chi connectivity index (χ4n) is 2.61. The van der Waals surface area contributed by atoms with Crippen molar-refractivity contribution in [2.75, 3.05) is 23.7 Å². The molecule has 10 heteroatoms. The second-order valence-corrected chi connectivity index (χ2v) is 9.48. The van der Waals surface area contributed by atoms with Gasteiger partial charge in [-0.05, 0) is 54.6 Å². The van der Waals surface area contributed by atoms with Crippen LogP contribution in [0.2, 0.25) is 0 Å². The molecule has 158 valence electrons. The Morgan fingerprint density at radius 2 is 1.30 bits per heavy atom. The van der Waals surface area contributed by atoms with E-state index >= 15 is 0 Å². The van der Waals surface area contributed by atoms with Gasteiger partial charge in [0.2, 0.25) is 0 Å². The zero-order valence-electron chi connectivity index (χ0n) is 16.2. The number of benzene rings is 3. The molecule has 0 saturated heterocycles. The Labute approximate surface area is 175 Å². The molecule has 3 aromatic carbocycles. The van der Waals surface area contributed by atoms with Crippen molar-refractivity contribution in [1.82, 2.24) is 0 Å². The maximum atomic E-state index is 12.8. The third-order valence-corrected chi connectivity index (χ3v) is 6.88. The number of rotatable bonds is 8. The lowest BCUT2D eigenvalue weighted by Gasteiger charge is -2.14. The molecule has 2 N–H and O–H groups in total. The van der Waals surface area contributed by atoms with Crippen LogP contribution in [0.4, 0.5) is 11.4 Å². The molecule has 0 spiro atoms. The van der Waals surface area contributed by atoms with Crippen molar-refractivity contribution in [2.45, 2.75) is 9.79 Å². The summed E-state index contributed by atoms with van der Waals surface area (Å²) < 4.78 is 65.9. The number of sulfonamides is 2. The molecule has 0 heterocycles. The predicted molar refractivity (Wildman–Crippen MR) is 114 cm³/mol. The number of ether oxygens (including phenoxy) is 2. The molecular formula is C20H20N2O6S2. The van der Waals surface area contributed by atoms with Gasteiger partial charge >= 0.3 is 0 Å². The number of nitrogens with one attached hydrogen (secondary N) is 2. The Balaban J connectivity index is 1.93. The number of methoxy groups -OCH3 is 2.